The van der Waals surface area contributed by atoms with Gasteiger partial charge in [0, 0.05) is 19.6 Å². The van der Waals surface area contributed by atoms with Crippen LogP contribution in [0.1, 0.15) is 6.42 Å². The molecule has 0 aromatic carbocycles. The molecule has 0 saturated carbocycles. The summed E-state index contributed by atoms with van der Waals surface area (Å²) in [5.41, 5.74) is 0. The highest BCUT2D eigenvalue weighted by molar-refractivity contribution is 5.82. The molecule has 0 bridgehead atoms. The molecule has 1 aliphatic rings. The molecule has 0 radical (unpaired) electrons. The van der Waals surface area contributed by atoms with Crippen LogP contribution in [0.2, 0.25) is 0 Å². The molecule has 1 aliphatic heterocycles. The number of nitrogens with zero attached hydrogens (tertiary/aromatic N) is 1. The minimum atomic E-state index is -0.00231. The molecule has 1 fully saturated rings. The lowest BCUT2D eigenvalue weighted by molar-refractivity contribution is -0.124. The third kappa shape index (κ3) is 2.19. The van der Waals surface area contributed by atoms with Gasteiger partial charge in [-0.15, -0.1) is 0 Å². The van der Waals surface area contributed by atoms with Crippen molar-refractivity contribution in [1.29, 1.82) is 0 Å². The molecule has 0 aliphatic carbocycles. The van der Waals surface area contributed by atoms with E-state index in [2.05, 4.69) is 15.5 Å². The number of hydrogen-bond acceptors (Lipinski definition) is 3. The van der Waals surface area contributed by atoms with Gasteiger partial charge in [-0.3, -0.25) is 9.69 Å². The molecule has 2 N–H and O–H groups in total. The zero-order chi connectivity index (χ0) is 8.97. The Bertz CT molecular complexity index is 160. The monoisotopic (exact) mass is 171 g/mol. The number of carbonyl (C=O) groups is 1. The van der Waals surface area contributed by atoms with Gasteiger partial charge in [0.25, 0.3) is 0 Å². The Morgan fingerprint density at radius 3 is 3.17 bits per heavy atom. The fourth-order valence-electron chi connectivity index (χ4n) is 1.46. The summed E-state index contributed by atoms with van der Waals surface area (Å²) in [5, 5.41) is 5.91. The van der Waals surface area contributed by atoms with Gasteiger partial charge in [-0.2, -0.15) is 0 Å². The van der Waals surface area contributed by atoms with E-state index in [1.165, 1.54) is 0 Å². The van der Waals surface area contributed by atoms with Crippen LogP contribution in [0.15, 0.2) is 0 Å². The minimum absolute atomic E-state index is 0.00231. The van der Waals surface area contributed by atoms with Crippen molar-refractivity contribution in [2.24, 2.45) is 0 Å². The number of carbonyl (C=O) groups excluding carboxylic acids is 1. The third-order valence-corrected chi connectivity index (χ3v) is 2.22. The van der Waals surface area contributed by atoms with Gasteiger partial charge in [-0.25, -0.2) is 0 Å². The summed E-state index contributed by atoms with van der Waals surface area (Å²) in [6.07, 6.45) is 1.04. The molecular formula is C8H17N3O. The van der Waals surface area contributed by atoms with Crippen molar-refractivity contribution in [3.63, 3.8) is 0 Å². The van der Waals surface area contributed by atoms with E-state index >= 15 is 0 Å². The van der Waals surface area contributed by atoms with E-state index < -0.39 is 0 Å². The second-order valence-corrected chi connectivity index (χ2v) is 3.20. The Hall–Kier alpha value is -0.610. The lowest BCUT2D eigenvalue weighted by Crippen LogP contribution is -2.47. The van der Waals surface area contributed by atoms with Crippen LogP contribution in [-0.4, -0.2) is 50.6 Å². The van der Waals surface area contributed by atoms with Crippen LogP contribution in [0, 0.1) is 0 Å². The van der Waals surface area contributed by atoms with Gasteiger partial charge in [0.1, 0.15) is 6.04 Å². The quantitative estimate of drug-likeness (QED) is 0.561. The standard InChI is InChI=1S/C8H17N3O/c1-9-6-7-8(12)10-4-3-5-11(7)2/h7,9H,3-6H2,1-2H3,(H,10,12). The molecule has 70 valence electrons. The van der Waals surface area contributed by atoms with Gasteiger partial charge in [-0.05, 0) is 20.5 Å². The average Bonchev–Trinajstić information content (AvgIpc) is 2.19. The highest BCUT2D eigenvalue weighted by atomic mass is 16.2. The molecule has 1 saturated heterocycles. The Morgan fingerprint density at radius 1 is 1.75 bits per heavy atom. The average molecular weight is 171 g/mol. The molecular weight excluding hydrogens is 154 g/mol. The third-order valence-electron chi connectivity index (χ3n) is 2.22. The van der Waals surface area contributed by atoms with E-state index in [4.69, 9.17) is 0 Å². The molecule has 1 atom stereocenters. The lowest BCUT2D eigenvalue weighted by atomic mass is 10.2. The number of rotatable bonds is 2. The summed E-state index contributed by atoms with van der Waals surface area (Å²) in [6.45, 7) is 2.52. The number of likely N-dealkylation sites (N-methyl/N-ethyl adjacent to an activating group) is 2. The van der Waals surface area contributed by atoms with E-state index in [1.54, 1.807) is 0 Å². The molecule has 12 heavy (non-hydrogen) atoms. The van der Waals surface area contributed by atoms with Crippen LogP contribution in [0.4, 0.5) is 0 Å². The molecule has 1 rings (SSSR count). The first-order valence-electron chi connectivity index (χ1n) is 4.38. The van der Waals surface area contributed by atoms with Crippen molar-refractivity contribution in [2.45, 2.75) is 12.5 Å². The predicted octanol–water partition coefficient (Wildman–Crippen LogP) is -0.974. The zero-order valence-electron chi connectivity index (χ0n) is 7.76. The number of nitrogens with one attached hydrogen (secondary N) is 2. The maximum atomic E-state index is 11.4. The first kappa shape index (κ1) is 9.48. The van der Waals surface area contributed by atoms with E-state index in [1.807, 2.05) is 14.1 Å². The lowest BCUT2D eigenvalue weighted by Gasteiger charge is -2.23. The number of amides is 1. The van der Waals surface area contributed by atoms with Crippen LogP contribution in [0.5, 0.6) is 0 Å². The summed E-state index contributed by atoms with van der Waals surface area (Å²) < 4.78 is 0. The molecule has 0 aromatic rings. The first-order valence-corrected chi connectivity index (χ1v) is 4.38. The molecule has 0 spiro atoms. The largest absolute Gasteiger partial charge is 0.355 e. The summed E-state index contributed by atoms with van der Waals surface area (Å²) in [4.78, 5) is 13.5. The number of hydrogen-bond donors (Lipinski definition) is 2. The fourth-order valence-corrected chi connectivity index (χ4v) is 1.46. The smallest absolute Gasteiger partial charge is 0.238 e. The molecule has 4 heteroatoms. The minimum Gasteiger partial charge on any atom is -0.355 e. The maximum absolute atomic E-state index is 11.4. The van der Waals surface area contributed by atoms with Gasteiger partial charge in [0.15, 0.2) is 0 Å². The normalized spacial score (nSPS) is 26.5. The van der Waals surface area contributed by atoms with Crippen molar-refractivity contribution in [2.75, 3.05) is 33.7 Å². The van der Waals surface area contributed by atoms with E-state index in [9.17, 15) is 4.79 Å². The highest BCUT2D eigenvalue weighted by Gasteiger charge is 2.23. The summed E-state index contributed by atoms with van der Waals surface area (Å²) in [7, 11) is 3.86. The van der Waals surface area contributed by atoms with Crippen LogP contribution in [0.25, 0.3) is 0 Å². The molecule has 1 amide bonds. The summed E-state index contributed by atoms with van der Waals surface area (Å²) >= 11 is 0. The van der Waals surface area contributed by atoms with Gasteiger partial charge in [0.05, 0.1) is 0 Å². The van der Waals surface area contributed by atoms with Crippen molar-refractivity contribution >= 4 is 5.91 Å². The fraction of sp³-hybridized carbons (Fsp3) is 0.875. The van der Waals surface area contributed by atoms with E-state index in [0.29, 0.717) is 0 Å². The van der Waals surface area contributed by atoms with Crippen LogP contribution >= 0.6 is 0 Å². The van der Waals surface area contributed by atoms with Crippen molar-refractivity contribution in [3.8, 4) is 0 Å². The van der Waals surface area contributed by atoms with Crippen LogP contribution in [0.3, 0.4) is 0 Å². The first-order chi connectivity index (χ1) is 5.75. The topological polar surface area (TPSA) is 44.4 Å². The van der Waals surface area contributed by atoms with Crippen molar-refractivity contribution < 1.29 is 4.79 Å². The van der Waals surface area contributed by atoms with Crippen LogP contribution < -0.4 is 10.6 Å². The molecule has 1 unspecified atom stereocenters. The Morgan fingerprint density at radius 2 is 2.50 bits per heavy atom. The highest BCUT2D eigenvalue weighted by Crippen LogP contribution is 2.00. The van der Waals surface area contributed by atoms with Crippen LogP contribution in [-0.2, 0) is 4.79 Å². The van der Waals surface area contributed by atoms with E-state index in [-0.39, 0.29) is 11.9 Å². The second kappa shape index (κ2) is 4.42. The maximum Gasteiger partial charge on any atom is 0.238 e. The SMILES string of the molecule is CNCC1C(=O)NCCCN1C. The van der Waals surface area contributed by atoms with Crippen molar-refractivity contribution in [3.05, 3.63) is 0 Å². The molecule has 1 heterocycles. The van der Waals surface area contributed by atoms with Gasteiger partial charge < -0.3 is 10.6 Å². The Kier molecular flexibility index (Phi) is 3.49. The summed E-state index contributed by atoms with van der Waals surface area (Å²) in [5.74, 6) is 0.143. The van der Waals surface area contributed by atoms with Gasteiger partial charge in [-0.1, -0.05) is 0 Å². The predicted molar refractivity (Wildman–Crippen MR) is 48.0 cm³/mol. The second-order valence-electron chi connectivity index (χ2n) is 3.20. The Labute approximate surface area is 73.3 Å². The molecule has 0 aromatic heterocycles. The van der Waals surface area contributed by atoms with E-state index in [0.717, 1.165) is 26.1 Å². The van der Waals surface area contributed by atoms with Crippen molar-refractivity contribution in [1.82, 2.24) is 15.5 Å². The summed E-state index contributed by atoms with van der Waals surface area (Å²) in [6, 6.07) is -0.00231. The molecule has 4 nitrogen and oxygen atoms in total. The van der Waals surface area contributed by atoms with Gasteiger partial charge in [0.2, 0.25) is 5.91 Å². The Balaban J connectivity index is 2.55. The zero-order valence-corrected chi connectivity index (χ0v) is 7.76. The van der Waals surface area contributed by atoms with Gasteiger partial charge >= 0.3 is 0 Å².